The van der Waals surface area contributed by atoms with Gasteiger partial charge in [-0.05, 0) is 19.4 Å². The van der Waals surface area contributed by atoms with Crippen LogP contribution >= 0.6 is 21.6 Å². The number of unbranched alkanes of at least 4 members (excludes halogenated alkanes) is 9. The molecule has 0 unspecified atom stereocenters. The second-order valence-electron chi connectivity index (χ2n) is 6.55. The van der Waals surface area contributed by atoms with Gasteiger partial charge in [0, 0.05) is 18.1 Å². The van der Waals surface area contributed by atoms with E-state index in [0.717, 1.165) is 25.3 Å². The van der Waals surface area contributed by atoms with Crippen LogP contribution in [0.25, 0.3) is 0 Å². The van der Waals surface area contributed by atoms with Crippen LogP contribution in [-0.2, 0) is 9.53 Å². The first-order valence-corrected chi connectivity index (χ1v) is 12.9. The average molecular weight is 392 g/mol. The Balaban J connectivity index is 3.08. The average Bonchev–Trinajstić information content (AvgIpc) is 2.62. The van der Waals surface area contributed by atoms with E-state index >= 15 is 0 Å². The largest absolute Gasteiger partial charge is 0.465 e. The van der Waals surface area contributed by atoms with Crippen LogP contribution in [-0.4, -0.2) is 37.2 Å². The molecule has 0 aromatic rings. The Kier molecular flexibility index (Phi) is 22.3. The molecule has 0 radical (unpaired) electrons. The lowest BCUT2D eigenvalue weighted by molar-refractivity contribution is -0.142. The van der Waals surface area contributed by atoms with Gasteiger partial charge in [-0.25, -0.2) is 0 Å². The molecule has 0 spiro atoms. The summed E-state index contributed by atoms with van der Waals surface area (Å²) in [6.07, 6.45) is 15.5. The van der Waals surface area contributed by atoms with Gasteiger partial charge < -0.3 is 10.1 Å². The lowest BCUT2D eigenvalue weighted by atomic mass is 10.1. The predicted octanol–water partition coefficient (Wildman–Crippen LogP) is 6.22. The molecule has 5 heteroatoms. The molecule has 25 heavy (non-hydrogen) atoms. The fraction of sp³-hybridized carbons (Fsp3) is 0.950. The number of carbonyl (C=O) groups excluding carboxylic acids is 1. The second-order valence-corrected chi connectivity index (χ2v) is 9.25. The summed E-state index contributed by atoms with van der Waals surface area (Å²) in [5.74, 6) is 2.04. The van der Waals surface area contributed by atoms with Crippen LogP contribution in [0.5, 0.6) is 0 Å². The Hall–Kier alpha value is 0.130. The fourth-order valence-electron chi connectivity index (χ4n) is 2.52. The highest BCUT2D eigenvalue weighted by Gasteiger charge is 2.02. The van der Waals surface area contributed by atoms with Crippen LogP contribution in [0, 0.1) is 0 Å². The van der Waals surface area contributed by atoms with Crippen molar-refractivity contribution in [3.63, 3.8) is 0 Å². The molecule has 0 heterocycles. The molecular formula is C20H41NO2S2. The van der Waals surface area contributed by atoms with E-state index in [1.165, 1.54) is 70.0 Å². The normalized spacial score (nSPS) is 11.0. The van der Waals surface area contributed by atoms with Crippen LogP contribution in [0.2, 0.25) is 0 Å². The van der Waals surface area contributed by atoms with Crippen molar-refractivity contribution in [2.75, 3.05) is 31.2 Å². The molecule has 0 rings (SSSR count). The molecule has 0 saturated carbocycles. The summed E-state index contributed by atoms with van der Waals surface area (Å²) in [4.78, 5) is 11.5. The molecule has 0 aliphatic heterocycles. The van der Waals surface area contributed by atoms with E-state index in [1.54, 1.807) is 0 Å². The Morgan fingerprint density at radius 2 is 1.36 bits per heavy atom. The number of esters is 1. The highest BCUT2D eigenvalue weighted by Crippen LogP contribution is 2.22. The molecule has 0 fully saturated rings. The van der Waals surface area contributed by atoms with E-state index in [-0.39, 0.29) is 5.97 Å². The van der Waals surface area contributed by atoms with Gasteiger partial charge in [-0.2, -0.15) is 0 Å². The minimum absolute atomic E-state index is 0.0797. The Labute approximate surface area is 164 Å². The highest BCUT2D eigenvalue weighted by molar-refractivity contribution is 8.76. The van der Waals surface area contributed by atoms with Gasteiger partial charge in [0.05, 0.1) is 6.42 Å². The van der Waals surface area contributed by atoms with Gasteiger partial charge in [-0.3, -0.25) is 4.79 Å². The van der Waals surface area contributed by atoms with E-state index in [2.05, 4.69) is 19.2 Å². The highest BCUT2D eigenvalue weighted by atomic mass is 33.1. The summed E-state index contributed by atoms with van der Waals surface area (Å²) >= 11 is 0. The quantitative estimate of drug-likeness (QED) is 0.151. The van der Waals surface area contributed by atoms with Crippen molar-refractivity contribution >= 4 is 27.6 Å². The zero-order chi connectivity index (χ0) is 18.4. The van der Waals surface area contributed by atoms with E-state index in [0.29, 0.717) is 13.0 Å². The molecular weight excluding hydrogens is 350 g/mol. The van der Waals surface area contributed by atoms with Crippen molar-refractivity contribution in [3.05, 3.63) is 0 Å². The molecule has 1 N–H and O–H groups in total. The van der Waals surface area contributed by atoms with Gasteiger partial charge in [0.15, 0.2) is 0 Å². The van der Waals surface area contributed by atoms with Gasteiger partial charge in [-0.15, -0.1) is 0 Å². The van der Waals surface area contributed by atoms with Crippen molar-refractivity contribution in [2.24, 2.45) is 0 Å². The number of nitrogens with one attached hydrogen (secondary N) is 1. The van der Waals surface area contributed by atoms with Crippen molar-refractivity contribution in [1.82, 2.24) is 5.32 Å². The van der Waals surface area contributed by atoms with Crippen LogP contribution in [0.15, 0.2) is 0 Å². The number of rotatable bonds is 20. The molecule has 150 valence electrons. The first-order chi connectivity index (χ1) is 12.3. The van der Waals surface area contributed by atoms with Gasteiger partial charge in [0.25, 0.3) is 0 Å². The van der Waals surface area contributed by atoms with Crippen molar-refractivity contribution in [3.8, 4) is 0 Å². The fourth-order valence-corrected chi connectivity index (χ4v) is 4.49. The summed E-state index contributed by atoms with van der Waals surface area (Å²) in [6, 6.07) is 0. The first kappa shape index (κ1) is 25.1. The molecule has 0 aromatic carbocycles. The van der Waals surface area contributed by atoms with E-state index < -0.39 is 0 Å². The minimum atomic E-state index is -0.0797. The lowest BCUT2D eigenvalue weighted by Crippen LogP contribution is -2.20. The SMILES string of the molecule is CCCCCCCCCCCCSSCCOC(=O)CCNCCC. The van der Waals surface area contributed by atoms with Crippen molar-refractivity contribution in [2.45, 2.75) is 90.9 Å². The topological polar surface area (TPSA) is 38.3 Å². The molecule has 0 saturated heterocycles. The molecule has 0 bridgehead atoms. The molecule has 0 amide bonds. The molecule has 0 atom stereocenters. The molecule has 0 aliphatic carbocycles. The zero-order valence-corrected chi connectivity index (χ0v) is 18.3. The maximum Gasteiger partial charge on any atom is 0.307 e. The Morgan fingerprint density at radius 3 is 2.00 bits per heavy atom. The van der Waals surface area contributed by atoms with Gasteiger partial charge in [0.1, 0.15) is 6.61 Å². The monoisotopic (exact) mass is 391 g/mol. The van der Waals surface area contributed by atoms with Crippen LogP contribution in [0.4, 0.5) is 0 Å². The maximum atomic E-state index is 11.5. The third-order valence-corrected chi connectivity index (χ3v) is 6.48. The number of hydrogen-bond donors (Lipinski definition) is 1. The zero-order valence-electron chi connectivity index (χ0n) is 16.7. The molecule has 0 aliphatic rings. The summed E-state index contributed by atoms with van der Waals surface area (Å²) in [7, 11) is 3.75. The minimum Gasteiger partial charge on any atom is -0.465 e. The van der Waals surface area contributed by atoms with Gasteiger partial charge in [0.2, 0.25) is 0 Å². The second kappa shape index (κ2) is 22.2. The summed E-state index contributed by atoms with van der Waals surface area (Å²) in [5.41, 5.74) is 0. The number of carbonyl (C=O) groups is 1. The predicted molar refractivity (Wildman–Crippen MR) is 115 cm³/mol. The Bertz CT molecular complexity index is 278. The van der Waals surface area contributed by atoms with Crippen molar-refractivity contribution in [1.29, 1.82) is 0 Å². The maximum absolute atomic E-state index is 11.5. The number of ether oxygens (including phenoxy) is 1. The Morgan fingerprint density at radius 1 is 0.760 bits per heavy atom. The summed E-state index contributed by atoms with van der Waals surface area (Å²) < 4.78 is 5.22. The third kappa shape index (κ3) is 22.1. The molecule has 0 aromatic heterocycles. The third-order valence-electron chi connectivity index (χ3n) is 4.03. The smallest absolute Gasteiger partial charge is 0.307 e. The van der Waals surface area contributed by atoms with Crippen molar-refractivity contribution < 1.29 is 9.53 Å². The molecule has 3 nitrogen and oxygen atoms in total. The lowest BCUT2D eigenvalue weighted by Gasteiger charge is -2.05. The number of hydrogen-bond acceptors (Lipinski definition) is 5. The van der Waals surface area contributed by atoms with E-state index in [4.69, 9.17) is 4.74 Å². The first-order valence-electron chi connectivity index (χ1n) is 10.4. The summed E-state index contributed by atoms with van der Waals surface area (Å²) in [6.45, 7) is 6.64. The van der Waals surface area contributed by atoms with E-state index in [1.807, 2.05) is 21.6 Å². The van der Waals surface area contributed by atoms with Gasteiger partial charge >= 0.3 is 5.97 Å². The van der Waals surface area contributed by atoms with Crippen LogP contribution < -0.4 is 5.32 Å². The van der Waals surface area contributed by atoms with Crippen LogP contribution in [0.3, 0.4) is 0 Å². The standard InChI is InChI=1S/C20H41NO2S2/c1-3-5-6-7-8-9-10-11-12-13-18-24-25-19-17-23-20(22)14-16-21-15-4-2/h21H,3-19H2,1-2H3. The summed E-state index contributed by atoms with van der Waals surface area (Å²) in [5, 5.41) is 3.21. The van der Waals surface area contributed by atoms with Gasteiger partial charge in [-0.1, -0.05) is 93.2 Å². The van der Waals surface area contributed by atoms with E-state index in [9.17, 15) is 4.79 Å². The van der Waals surface area contributed by atoms with Crippen LogP contribution in [0.1, 0.15) is 90.9 Å².